The summed E-state index contributed by atoms with van der Waals surface area (Å²) < 4.78 is 22.3. The van der Waals surface area contributed by atoms with Crippen LogP contribution in [0.15, 0.2) is 78.9 Å². The van der Waals surface area contributed by atoms with Gasteiger partial charge in [-0.2, -0.15) is 0 Å². The summed E-state index contributed by atoms with van der Waals surface area (Å²) in [6.45, 7) is 4.11. The highest BCUT2D eigenvalue weighted by molar-refractivity contribution is 6.09. The molecule has 4 aromatic carbocycles. The molecule has 1 heterocycles. The van der Waals surface area contributed by atoms with Crippen LogP contribution in [0.1, 0.15) is 29.8 Å². The van der Waals surface area contributed by atoms with Crippen molar-refractivity contribution in [1.29, 1.82) is 0 Å². The smallest absolute Gasteiger partial charge is 0.347 e. The Balaban J connectivity index is 1.57. The molecule has 2 N–H and O–H groups in total. The summed E-state index contributed by atoms with van der Waals surface area (Å²) in [5.74, 6) is 1.35. The predicted octanol–water partition coefficient (Wildman–Crippen LogP) is 6.38. The minimum atomic E-state index is -0.763. The molecule has 0 saturated carbocycles. The van der Waals surface area contributed by atoms with Crippen LogP contribution >= 0.6 is 0 Å². The van der Waals surface area contributed by atoms with E-state index in [4.69, 9.17) is 18.9 Å². The molecule has 0 saturated heterocycles. The van der Waals surface area contributed by atoms with Gasteiger partial charge in [-0.25, -0.2) is 4.79 Å². The zero-order valence-electron chi connectivity index (χ0n) is 25.1. The molecule has 1 aliphatic rings. The first-order valence-electron chi connectivity index (χ1n) is 13.8. The number of methoxy groups -OCH3 is 3. The van der Waals surface area contributed by atoms with Crippen LogP contribution in [-0.2, 0) is 11.3 Å². The fourth-order valence-corrected chi connectivity index (χ4v) is 5.37. The zero-order chi connectivity index (χ0) is 30.7. The third-order valence-electron chi connectivity index (χ3n) is 7.47. The summed E-state index contributed by atoms with van der Waals surface area (Å²) >= 11 is 0. The quantitative estimate of drug-likeness (QED) is 0.174. The SMILES string of the molecule is COc1ccccc1NCc1c(-c2ccc(OC(=O)c3ccccc3OC)cc2OC)ccc2c1N(C)C(=O)C(C)(C)N2. The number of nitrogens with one attached hydrogen (secondary N) is 2. The van der Waals surface area contributed by atoms with Crippen LogP contribution in [-0.4, -0.2) is 45.8 Å². The topological polar surface area (TPSA) is 98.4 Å². The summed E-state index contributed by atoms with van der Waals surface area (Å²) in [5.41, 5.74) is 4.46. The standard InChI is InChI=1S/C34H35N3O6/c1-34(2)33(39)37(3)31-25(20-35-26-12-8-10-14-29(26)41-5)22(17-18-27(31)36-34)23-16-15-21(19-30(23)42-6)43-32(38)24-11-7-9-13-28(24)40-4/h7-19,35-36H,20H2,1-6H3. The number of likely N-dealkylation sites (N-methyl/N-ethyl adjacent to an activating group) is 1. The van der Waals surface area contributed by atoms with E-state index >= 15 is 0 Å². The van der Waals surface area contributed by atoms with E-state index in [2.05, 4.69) is 10.6 Å². The number of esters is 1. The minimum Gasteiger partial charge on any atom is -0.496 e. The van der Waals surface area contributed by atoms with Crippen molar-refractivity contribution in [2.45, 2.75) is 25.9 Å². The Morgan fingerprint density at radius 1 is 0.837 bits per heavy atom. The molecule has 5 rings (SSSR count). The maximum Gasteiger partial charge on any atom is 0.347 e. The lowest BCUT2D eigenvalue weighted by atomic mass is 9.91. The van der Waals surface area contributed by atoms with Crippen molar-refractivity contribution < 1.29 is 28.5 Å². The number of ether oxygens (including phenoxy) is 4. The molecule has 9 nitrogen and oxygen atoms in total. The summed E-state index contributed by atoms with van der Waals surface area (Å²) in [4.78, 5) is 28.0. The Morgan fingerprint density at radius 2 is 1.49 bits per heavy atom. The Hall–Kier alpha value is -5.18. The van der Waals surface area contributed by atoms with E-state index in [-0.39, 0.29) is 5.91 Å². The molecule has 1 amide bonds. The van der Waals surface area contributed by atoms with Gasteiger partial charge in [0.15, 0.2) is 0 Å². The monoisotopic (exact) mass is 581 g/mol. The molecule has 0 radical (unpaired) electrons. The Bertz CT molecular complexity index is 1680. The van der Waals surface area contributed by atoms with E-state index in [0.29, 0.717) is 35.1 Å². The van der Waals surface area contributed by atoms with Gasteiger partial charge >= 0.3 is 5.97 Å². The van der Waals surface area contributed by atoms with Gasteiger partial charge in [-0.3, -0.25) is 4.79 Å². The fraction of sp³-hybridized carbons (Fsp3) is 0.235. The van der Waals surface area contributed by atoms with Gasteiger partial charge in [0.1, 0.15) is 34.1 Å². The van der Waals surface area contributed by atoms with Crippen LogP contribution in [0.25, 0.3) is 11.1 Å². The number of benzene rings is 4. The number of carbonyl (C=O) groups is 2. The predicted molar refractivity (Wildman–Crippen MR) is 168 cm³/mol. The first kappa shape index (κ1) is 29.3. The maximum absolute atomic E-state index is 13.4. The van der Waals surface area contributed by atoms with Crippen LogP contribution < -0.4 is 34.5 Å². The molecule has 0 atom stereocenters. The molecule has 222 valence electrons. The normalized spacial score (nSPS) is 13.4. The number of rotatable bonds is 9. The van der Waals surface area contributed by atoms with Crippen molar-refractivity contribution >= 4 is 28.9 Å². The number of fused-ring (bicyclic) bond motifs is 1. The van der Waals surface area contributed by atoms with Crippen molar-refractivity contribution in [1.82, 2.24) is 0 Å². The van der Waals surface area contributed by atoms with E-state index in [1.54, 1.807) is 62.6 Å². The van der Waals surface area contributed by atoms with Gasteiger partial charge < -0.3 is 34.5 Å². The van der Waals surface area contributed by atoms with Crippen LogP contribution in [0.2, 0.25) is 0 Å². The molecule has 0 fully saturated rings. The first-order chi connectivity index (χ1) is 20.7. The molecule has 43 heavy (non-hydrogen) atoms. The Kier molecular flexibility index (Phi) is 8.16. The van der Waals surface area contributed by atoms with E-state index in [9.17, 15) is 9.59 Å². The van der Waals surface area contributed by atoms with Crippen LogP contribution in [0.3, 0.4) is 0 Å². The molecule has 0 spiro atoms. The summed E-state index contributed by atoms with van der Waals surface area (Å²) in [5, 5.41) is 6.89. The number of anilines is 3. The highest BCUT2D eigenvalue weighted by atomic mass is 16.5. The van der Waals surface area contributed by atoms with E-state index in [0.717, 1.165) is 33.8 Å². The second-order valence-corrected chi connectivity index (χ2v) is 10.6. The van der Waals surface area contributed by atoms with Gasteiger partial charge in [0.25, 0.3) is 5.91 Å². The van der Waals surface area contributed by atoms with Gasteiger partial charge in [0.05, 0.1) is 38.4 Å². The lowest BCUT2D eigenvalue weighted by molar-refractivity contribution is -0.121. The molecule has 4 aromatic rings. The average Bonchev–Trinajstić information content (AvgIpc) is 3.02. The molecule has 1 aliphatic heterocycles. The second-order valence-electron chi connectivity index (χ2n) is 10.6. The highest BCUT2D eigenvalue weighted by Gasteiger charge is 2.38. The Morgan fingerprint density at radius 3 is 2.21 bits per heavy atom. The lowest BCUT2D eigenvalue weighted by Crippen LogP contribution is -2.52. The van der Waals surface area contributed by atoms with Gasteiger partial charge in [0, 0.05) is 30.8 Å². The molecular formula is C34H35N3O6. The van der Waals surface area contributed by atoms with Crippen molar-refractivity contribution in [3.63, 3.8) is 0 Å². The molecule has 0 unspecified atom stereocenters. The number of nitrogens with zero attached hydrogens (tertiary/aromatic N) is 1. The van der Waals surface area contributed by atoms with Crippen LogP contribution in [0.5, 0.6) is 23.0 Å². The van der Waals surface area contributed by atoms with Crippen molar-refractivity contribution in [3.8, 4) is 34.1 Å². The maximum atomic E-state index is 13.4. The second kappa shape index (κ2) is 12.0. The van der Waals surface area contributed by atoms with E-state index in [1.165, 1.54) is 7.11 Å². The molecule has 0 aromatic heterocycles. The highest BCUT2D eigenvalue weighted by Crippen LogP contribution is 2.45. The number of hydrogen-bond donors (Lipinski definition) is 2. The number of amides is 1. The van der Waals surface area contributed by atoms with Gasteiger partial charge in [-0.15, -0.1) is 0 Å². The summed E-state index contributed by atoms with van der Waals surface area (Å²) in [6.07, 6.45) is 0. The van der Waals surface area contributed by atoms with E-state index < -0.39 is 11.5 Å². The lowest BCUT2D eigenvalue weighted by Gasteiger charge is -2.40. The largest absolute Gasteiger partial charge is 0.496 e. The number of hydrogen-bond acceptors (Lipinski definition) is 8. The van der Waals surface area contributed by atoms with Crippen LogP contribution in [0, 0.1) is 0 Å². The van der Waals surface area contributed by atoms with Gasteiger partial charge in [0.2, 0.25) is 0 Å². The number of para-hydroxylation sites is 3. The third-order valence-corrected chi connectivity index (χ3v) is 7.47. The van der Waals surface area contributed by atoms with Crippen molar-refractivity contribution in [2.75, 3.05) is 43.9 Å². The molecular weight excluding hydrogens is 546 g/mol. The van der Waals surface area contributed by atoms with Crippen molar-refractivity contribution in [2.24, 2.45) is 0 Å². The van der Waals surface area contributed by atoms with Gasteiger partial charge in [-0.1, -0.05) is 30.3 Å². The van der Waals surface area contributed by atoms with Crippen molar-refractivity contribution in [3.05, 3.63) is 90.0 Å². The average molecular weight is 582 g/mol. The minimum absolute atomic E-state index is 0.0544. The molecule has 0 aliphatic carbocycles. The molecule has 9 heteroatoms. The van der Waals surface area contributed by atoms with E-state index in [1.807, 2.05) is 56.3 Å². The Labute approximate surface area is 251 Å². The first-order valence-corrected chi connectivity index (χ1v) is 13.8. The molecule has 0 bridgehead atoms. The summed E-state index contributed by atoms with van der Waals surface area (Å²) in [6, 6.07) is 23.8. The third kappa shape index (κ3) is 5.66. The fourth-order valence-electron chi connectivity index (χ4n) is 5.37. The van der Waals surface area contributed by atoms with Crippen LogP contribution in [0.4, 0.5) is 17.1 Å². The zero-order valence-corrected chi connectivity index (χ0v) is 25.1. The van der Waals surface area contributed by atoms with Gasteiger partial charge in [-0.05, 0) is 61.9 Å². The number of carbonyl (C=O) groups excluding carboxylic acids is 2. The summed E-state index contributed by atoms with van der Waals surface area (Å²) in [7, 11) is 6.49.